The molecule has 3 aromatic rings. The average molecular weight is 355 g/mol. The number of nitrogens with one attached hydrogen (secondary N) is 1. The monoisotopic (exact) mass is 354 g/mol. The van der Waals surface area contributed by atoms with E-state index in [9.17, 15) is 4.39 Å². The first-order chi connectivity index (χ1) is 11.9. The molecule has 0 bridgehead atoms. The van der Waals surface area contributed by atoms with Crippen molar-refractivity contribution < 1.29 is 4.39 Å². The van der Waals surface area contributed by atoms with Gasteiger partial charge in [-0.1, -0.05) is 29.8 Å². The lowest BCUT2D eigenvalue weighted by molar-refractivity contribution is 0.332. The van der Waals surface area contributed by atoms with E-state index in [4.69, 9.17) is 11.6 Å². The predicted octanol–water partition coefficient (Wildman–Crippen LogP) is 5.35. The van der Waals surface area contributed by atoms with E-state index in [2.05, 4.69) is 37.1 Å². The highest BCUT2D eigenvalue weighted by atomic mass is 35.5. The molecule has 1 atom stereocenters. The zero-order valence-electron chi connectivity index (χ0n) is 14.5. The van der Waals surface area contributed by atoms with E-state index >= 15 is 0 Å². The lowest BCUT2D eigenvalue weighted by Crippen LogP contribution is -2.48. The maximum Gasteiger partial charge on any atom is 0.149 e. The van der Waals surface area contributed by atoms with Crippen LogP contribution in [0.15, 0.2) is 42.6 Å². The highest BCUT2D eigenvalue weighted by molar-refractivity contribution is 6.31. The van der Waals surface area contributed by atoms with E-state index in [1.165, 1.54) is 17.2 Å². The van der Waals surface area contributed by atoms with E-state index in [0.29, 0.717) is 5.52 Å². The van der Waals surface area contributed by atoms with Crippen LogP contribution in [0.1, 0.15) is 42.1 Å². The molecule has 4 rings (SSSR count). The summed E-state index contributed by atoms with van der Waals surface area (Å²) in [7, 11) is 0. The number of aromatic nitrogens is 1. The first-order valence-electron chi connectivity index (χ1n) is 8.45. The quantitative estimate of drug-likeness (QED) is 0.637. The van der Waals surface area contributed by atoms with E-state index in [1.54, 1.807) is 12.3 Å². The van der Waals surface area contributed by atoms with Crippen LogP contribution in [0.25, 0.3) is 10.9 Å². The first kappa shape index (κ1) is 16.5. The minimum absolute atomic E-state index is 0.00915. The molecule has 2 nitrogen and oxygen atoms in total. The third-order valence-electron chi connectivity index (χ3n) is 5.05. The van der Waals surface area contributed by atoms with E-state index in [1.807, 2.05) is 18.2 Å². The summed E-state index contributed by atoms with van der Waals surface area (Å²) in [4.78, 5) is 4.38. The van der Waals surface area contributed by atoms with Gasteiger partial charge in [-0.15, -0.1) is 0 Å². The second kappa shape index (κ2) is 5.79. The molecule has 0 saturated carbocycles. The van der Waals surface area contributed by atoms with Gasteiger partial charge >= 0.3 is 0 Å². The van der Waals surface area contributed by atoms with Crippen molar-refractivity contribution in [1.29, 1.82) is 0 Å². The number of halogens is 2. The van der Waals surface area contributed by atoms with Gasteiger partial charge in [0.25, 0.3) is 0 Å². The average Bonchev–Trinajstić information content (AvgIpc) is 2.57. The van der Waals surface area contributed by atoms with Crippen molar-refractivity contribution in [2.45, 2.75) is 38.8 Å². The molecular formula is C21H20ClFN2. The number of hydrogen-bond acceptors (Lipinski definition) is 2. The second-order valence-electron chi connectivity index (χ2n) is 7.46. The van der Waals surface area contributed by atoms with Crippen LogP contribution in [0.3, 0.4) is 0 Å². The van der Waals surface area contributed by atoms with Crippen LogP contribution in [0.2, 0.25) is 5.02 Å². The van der Waals surface area contributed by atoms with Crippen LogP contribution in [-0.4, -0.2) is 10.5 Å². The number of rotatable bonds is 1. The highest BCUT2D eigenvalue weighted by Gasteiger charge is 2.33. The van der Waals surface area contributed by atoms with Gasteiger partial charge in [0, 0.05) is 22.1 Å². The van der Waals surface area contributed by atoms with Gasteiger partial charge in [0.15, 0.2) is 0 Å². The molecule has 1 N–H and O–H groups in total. The topological polar surface area (TPSA) is 24.9 Å². The van der Waals surface area contributed by atoms with Crippen molar-refractivity contribution in [1.82, 2.24) is 10.3 Å². The van der Waals surface area contributed by atoms with Crippen LogP contribution < -0.4 is 5.32 Å². The van der Waals surface area contributed by atoms with Crippen molar-refractivity contribution in [3.8, 4) is 0 Å². The fraction of sp³-hybridized carbons (Fsp3) is 0.286. The minimum atomic E-state index is -0.288. The van der Waals surface area contributed by atoms with Crippen molar-refractivity contribution >= 4 is 22.5 Å². The van der Waals surface area contributed by atoms with E-state index < -0.39 is 0 Å². The SMILES string of the molecule is Cc1c(Cl)ccc2c1CC(C)(C)NC2c1cnc2c(F)cccc2c1. The van der Waals surface area contributed by atoms with Gasteiger partial charge in [0.05, 0.1) is 6.04 Å². The van der Waals surface area contributed by atoms with Crippen LogP contribution in [-0.2, 0) is 6.42 Å². The van der Waals surface area contributed by atoms with E-state index in [0.717, 1.165) is 28.0 Å². The number of fused-ring (bicyclic) bond motifs is 2. The molecule has 1 aliphatic heterocycles. The molecule has 0 amide bonds. The summed E-state index contributed by atoms with van der Waals surface area (Å²) in [6.07, 6.45) is 2.69. The Labute approximate surface area is 152 Å². The lowest BCUT2D eigenvalue weighted by atomic mass is 9.80. The Morgan fingerprint density at radius 3 is 2.84 bits per heavy atom. The maximum absolute atomic E-state index is 13.9. The van der Waals surface area contributed by atoms with Gasteiger partial charge in [-0.3, -0.25) is 4.98 Å². The summed E-state index contributed by atoms with van der Waals surface area (Å²) in [6.45, 7) is 6.46. The summed E-state index contributed by atoms with van der Waals surface area (Å²) in [5.41, 5.74) is 5.03. The Kier molecular flexibility index (Phi) is 3.82. The van der Waals surface area contributed by atoms with Crippen LogP contribution in [0.5, 0.6) is 0 Å². The third-order valence-corrected chi connectivity index (χ3v) is 5.46. The standard InChI is InChI=1S/C21H20ClFN2/c1-12-16-10-21(2,3)25-19(15(16)7-8-17(12)22)14-9-13-5-4-6-18(23)20(13)24-11-14/h4-9,11,19,25H,10H2,1-3H3. The smallest absolute Gasteiger partial charge is 0.149 e. The zero-order valence-corrected chi connectivity index (χ0v) is 15.3. The number of benzene rings is 2. The first-order valence-corrected chi connectivity index (χ1v) is 8.83. The van der Waals surface area contributed by atoms with E-state index in [-0.39, 0.29) is 17.4 Å². The summed E-state index contributed by atoms with van der Waals surface area (Å²) in [6, 6.07) is 11.1. The van der Waals surface area contributed by atoms with Crippen LogP contribution in [0, 0.1) is 12.7 Å². The fourth-order valence-corrected chi connectivity index (χ4v) is 3.95. The molecular weight excluding hydrogens is 335 g/mol. The maximum atomic E-state index is 13.9. The molecule has 2 heterocycles. The molecule has 25 heavy (non-hydrogen) atoms. The molecule has 0 aliphatic carbocycles. The minimum Gasteiger partial charge on any atom is -0.301 e. The predicted molar refractivity (Wildman–Crippen MR) is 101 cm³/mol. The summed E-state index contributed by atoms with van der Waals surface area (Å²) >= 11 is 6.35. The molecule has 1 aliphatic rings. The fourth-order valence-electron chi connectivity index (χ4n) is 3.78. The summed E-state index contributed by atoms with van der Waals surface area (Å²) in [5, 5.41) is 5.33. The second-order valence-corrected chi connectivity index (χ2v) is 7.87. The molecule has 0 radical (unpaired) electrons. The van der Waals surface area contributed by atoms with Crippen molar-refractivity contribution in [3.63, 3.8) is 0 Å². The highest BCUT2D eigenvalue weighted by Crippen LogP contribution is 2.38. The Morgan fingerprint density at radius 2 is 2.04 bits per heavy atom. The third kappa shape index (κ3) is 2.82. The van der Waals surface area contributed by atoms with Gasteiger partial charge in [-0.05, 0) is 67.6 Å². The Morgan fingerprint density at radius 1 is 1.24 bits per heavy atom. The van der Waals surface area contributed by atoms with Gasteiger partial charge in [-0.25, -0.2) is 4.39 Å². The number of nitrogens with zero attached hydrogens (tertiary/aromatic N) is 1. The molecule has 1 aromatic heterocycles. The molecule has 4 heteroatoms. The molecule has 1 unspecified atom stereocenters. The van der Waals surface area contributed by atoms with Crippen molar-refractivity contribution in [2.75, 3.05) is 0 Å². The summed E-state index contributed by atoms with van der Waals surface area (Å²) in [5.74, 6) is -0.288. The Balaban J connectivity index is 1.90. The number of para-hydroxylation sites is 1. The van der Waals surface area contributed by atoms with Crippen LogP contribution >= 0.6 is 11.6 Å². The normalized spacial score (nSPS) is 19.0. The molecule has 2 aromatic carbocycles. The lowest BCUT2D eigenvalue weighted by Gasteiger charge is -2.40. The number of pyridine rings is 1. The Hall–Kier alpha value is -1.97. The van der Waals surface area contributed by atoms with Crippen molar-refractivity contribution in [2.24, 2.45) is 0 Å². The van der Waals surface area contributed by atoms with Gasteiger partial charge < -0.3 is 5.32 Å². The summed E-state index contributed by atoms with van der Waals surface area (Å²) < 4.78 is 13.9. The molecule has 128 valence electrons. The molecule has 0 spiro atoms. The van der Waals surface area contributed by atoms with Crippen molar-refractivity contribution in [3.05, 3.63) is 75.7 Å². The Bertz CT molecular complexity index is 981. The van der Waals surface area contributed by atoms with Gasteiger partial charge in [0.1, 0.15) is 11.3 Å². The van der Waals surface area contributed by atoms with Gasteiger partial charge in [0.2, 0.25) is 0 Å². The largest absolute Gasteiger partial charge is 0.301 e. The molecule has 0 fully saturated rings. The zero-order chi connectivity index (χ0) is 17.8. The number of hydrogen-bond donors (Lipinski definition) is 1. The van der Waals surface area contributed by atoms with Crippen LogP contribution in [0.4, 0.5) is 4.39 Å². The molecule has 0 saturated heterocycles. The van der Waals surface area contributed by atoms with Gasteiger partial charge in [-0.2, -0.15) is 0 Å².